The number of nitrogens with zero attached hydrogens (tertiary/aromatic N) is 1. The molecule has 3 rings (SSSR count). The van der Waals surface area contributed by atoms with Crippen LogP contribution in [0.5, 0.6) is 0 Å². The van der Waals surface area contributed by atoms with Crippen molar-refractivity contribution in [3.8, 4) is 11.3 Å². The Hall–Kier alpha value is -2.61. The van der Waals surface area contributed by atoms with Crippen LogP contribution in [-0.2, 0) is 9.53 Å². The molecule has 3 N–H and O–H groups in total. The first-order valence-electron chi connectivity index (χ1n) is 8.12. The van der Waals surface area contributed by atoms with Crippen LogP contribution in [0.1, 0.15) is 17.3 Å². The zero-order chi connectivity index (χ0) is 20.3. The van der Waals surface area contributed by atoms with Gasteiger partial charge in [-0.25, -0.2) is 9.78 Å². The molecular weight excluding hydrogens is 421 g/mol. The highest BCUT2D eigenvalue weighted by Gasteiger charge is 2.20. The van der Waals surface area contributed by atoms with Gasteiger partial charge >= 0.3 is 5.97 Å². The molecule has 0 radical (unpaired) electrons. The van der Waals surface area contributed by atoms with E-state index < -0.39 is 18.0 Å². The fourth-order valence-corrected chi connectivity index (χ4v) is 3.48. The summed E-state index contributed by atoms with van der Waals surface area (Å²) in [5, 5.41) is 5.73. The van der Waals surface area contributed by atoms with Gasteiger partial charge in [0.1, 0.15) is 0 Å². The largest absolute Gasteiger partial charge is 0.449 e. The van der Waals surface area contributed by atoms with Crippen LogP contribution >= 0.6 is 34.5 Å². The summed E-state index contributed by atoms with van der Waals surface area (Å²) in [4.78, 5) is 28.7. The van der Waals surface area contributed by atoms with Gasteiger partial charge in [0.25, 0.3) is 5.91 Å². The number of carbonyl (C=O) groups excluding carboxylic acids is 2. The Kier molecular flexibility index (Phi) is 6.18. The van der Waals surface area contributed by atoms with Gasteiger partial charge < -0.3 is 10.5 Å². The molecule has 0 aliphatic rings. The predicted octanol–water partition coefficient (Wildman–Crippen LogP) is 4.88. The summed E-state index contributed by atoms with van der Waals surface area (Å²) in [6.07, 6.45) is -1.00. The molecule has 0 saturated carbocycles. The number of esters is 1. The molecule has 9 heteroatoms. The minimum absolute atomic E-state index is 0.308. The normalized spacial score (nSPS) is 11.7. The summed E-state index contributed by atoms with van der Waals surface area (Å²) < 4.78 is 5.18. The van der Waals surface area contributed by atoms with E-state index in [2.05, 4.69) is 10.3 Å². The van der Waals surface area contributed by atoms with Gasteiger partial charge in [0.15, 0.2) is 11.2 Å². The second-order valence-corrected chi connectivity index (χ2v) is 7.52. The molecule has 1 atom stereocenters. The average Bonchev–Trinajstić information content (AvgIpc) is 3.10. The third kappa shape index (κ3) is 4.81. The van der Waals surface area contributed by atoms with E-state index in [4.69, 9.17) is 33.7 Å². The molecule has 2 aromatic carbocycles. The monoisotopic (exact) mass is 435 g/mol. The zero-order valence-electron chi connectivity index (χ0n) is 14.6. The van der Waals surface area contributed by atoms with E-state index in [0.29, 0.717) is 37.7 Å². The first-order valence-corrected chi connectivity index (χ1v) is 9.75. The number of amides is 1. The fourth-order valence-electron chi connectivity index (χ4n) is 2.26. The number of thiazole rings is 1. The van der Waals surface area contributed by atoms with E-state index in [1.807, 2.05) is 0 Å². The van der Waals surface area contributed by atoms with Crippen molar-refractivity contribution in [2.24, 2.45) is 0 Å². The summed E-state index contributed by atoms with van der Waals surface area (Å²) in [5.74, 6) is -1.11. The lowest BCUT2D eigenvalue weighted by Gasteiger charge is -2.12. The number of carbonyl (C=O) groups is 2. The van der Waals surface area contributed by atoms with Crippen LogP contribution in [0.25, 0.3) is 11.3 Å². The van der Waals surface area contributed by atoms with Crippen molar-refractivity contribution < 1.29 is 14.3 Å². The maximum absolute atomic E-state index is 12.3. The number of benzene rings is 2. The molecule has 6 nitrogen and oxygen atoms in total. The number of nitrogens with two attached hydrogens (primary N) is 1. The van der Waals surface area contributed by atoms with Crippen molar-refractivity contribution in [2.75, 3.05) is 11.1 Å². The van der Waals surface area contributed by atoms with Crippen molar-refractivity contribution >= 4 is 57.2 Å². The highest BCUT2D eigenvalue weighted by molar-refractivity contribution is 7.14. The van der Waals surface area contributed by atoms with Gasteiger partial charge in [0.2, 0.25) is 0 Å². The smallest absolute Gasteiger partial charge is 0.338 e. The van der Waals surface area contributed by atoms with Crippen molar-refractivity contribution in [1.82, 2.24) is 4.98 Å². The lowest BCUT2D eigenvalue weighted by Crippen LogP contribution is -2.29. The lowest BCUT2D eigenvalue weighted by atomic mass is 10.2. The van der Waals surface area contributed by atoms with Gasteiger partial charge in [0, 0.05) is 21.7 Å². The van der Waals surface area contributed by atoms with Gasteiger partial charge in [-0.2, -0.15) is 0 Å². The second-order valence-electron chi connectivity index (χ2n) is 5.82. The maximum atomic E-state index is 12.3. The molecule has 0 fully saturated rings. The standard InChI is InChI=1S/C19H15Cl2N3O3S/c1-10(27-18(26)11-2-5-13(22)6-3-11)17(25)24-19-23-16(9-28-19)14-7-4-12(20)8-15(14)21/h2-10H,22H2,1H3,(H,23,24,25). The first-order chi connectivity index (χ1) is 13.3. The number of hydrogen-bond acceptors (Lipinski definition) is 6. The van der Waals surface area contributed by atoms with Crippen LogP contribution < -0.4 is 11.1 Å². The summed E-state index contributed by atoms with van der Waals surface area (Å²) in [7, 11) is 0. The Morgan fingerprint density at radius 3 is 2.57 bits per heavy atom. The molecule has 0 aliphatic carbocycles. The number of aromatic nitrogens is 1. The Balaban J connectivity index is 1.63. The Morgan fingerprint density at radius 1 is 1.18 bits per heavy atom. The molecule has 1 amide bonds. The SMILES string of the molecule is CC(OC(=O)c1ccc(N)cc1)C(=O)Nc1nc(-c2ccc(Cl)cc2Cl)cs1. The quantitative estimate of drug-likeness (QED) is 0.439. The molecule has 3 aromatic rings. The topological polar surface area (TPSA) is 94.3 Å². The molecule has 1 unspecified atom stereocenters. The van der Waals surface area contributed by atoms with Crippen LogP contribution in [0.4, 0.5) is 10.8 Å². The second kappa shape index (κ2) is 8.60. The minimum atomic E-state index is -1.00. The van der Waals surface area contributed by atoms with E-state index in [-0.39, 0.29) is 0 Å². The molecule has 0 saturated heterocycles. The summed E-state index contributed by atoms with van der Waals surface area (Å²) in [5.41, 5.74) is 7.73. The van der Waals surface area contributed by atoms with Gasteiger partial charge in [-0.1, -0.05) is 23.2 Å². The van der Waals surface area contributed by atoms with Gasteiger partial charge in [0.05, 0.1) is 16.3 Å². The first kappa shape index (κ1) is 20.1. The van der Waals surface area contributed by atoms with E-state index in [9.17, 15) is 9.59 Å². The van der Waals surface area contributed by atoms with Crippen molar-refractivity contribution in [3.05, 3.63) is 63.5 Å². The molecule has 1 aromatic heterocycles. The van der Waals surface area contributed by atoms with Crippen LogP contribution in [0.3, 0.4) is 0 Å². The highest BCUT2D eigenvalue weighted by Crippen LogP contribution is 2.32. The molecule has 0 aliphatic heterocycles. The maximum Gasteiger partial charge on any atom is 0.338 e. The van der Waals surface area contributed by atoms with Gasteiger partial charge in [-0.3, -0.25) is 10.1 Å². The number of rotatable bonds is 5. The van der Waals surface area contributed by atoms with Crippen molar-refractivity contribution in [3.63, 3.8) is 0 Å². The van der Waals surface area contributed by atoms with E-state index in [0.717, 1.165) is 0 Å². The van der Waals surface area contributed by atoms with Crippen LogP contribution in [0, 0.1) is 0 Å². The number of ether oxygens (including phenoxy) is 1. The molecule has 0 spiro atoms. The lowest BCUT2D eigenvalue weighted by molar-refractivity contribution is -0.123. The van der Waals surface area contributed by atoms with Crippen molar-refractivity contribution in [1.29, 1.82) is 0 Å². The number of nitrogen functional groups attached to an aromatic ring is 1. The summed E-state index contributed by atoms with van der Waals surface area (Å²) >= 11 is 13.3. The number of nitrogens with one attached hydrogen (secondary N) is 1. The zero-order valence-corrected chi connectivity index (χ0v) is 16.9. The van der Waals surface area contributed by atoms with Gasteiger partial charge in [-0.05, 0) is 49.4 Å². The molecule has 144 valence electrons. The molecule has 0 bridgehead atoms. The molecular formula is C19H15Cl2N3O3S. The summed E-state index contributed by atoms with van der Waals surface area (Å²) in [6.45, 7) is 1.48. The molecule has 28 heavy (non-hydrogen) atoms. The molecule has 1 heterocycles. The Bertz CT molecular complexity index is 1020. The van der Waals surface area contributed by atoms with Crippen LogP contribution in [0.15, 0.2) is 47.8 Å². The predicted molar refractivity (Wildman–Crippen MR) is 112 cm³/mol. The van der Waals surface area contributed by atoms with Crippen LogP contribution in [0.2, 0.25) is 10.0 Å². The average molecular weight is 436 g/mol. The third-order valence-electron chi connectivity index (χ3n) is 3.74. The Morgan fingerprint density at radius 2 is 1.89 bits per heavy atom. The van der Waals surface area contributed by atoms with E-state index >= 15 is 0 Å². The van der Waals surface area contributed by atoms with E-state index in [1.165, 1.54) is 30.4 Å². The Labute approximate surface area is 175 Å². The van der Waals surface area contributed by atoms with Crippen molar-refractivity contribution in [2.45, 2.75) is 13.0 Å². The van der Waals surface area contributed by atoms with E-state index in [1.54, 1.807) is 35.7 Å². The minimum Gasteiger partial charge on any atom is -0.449 e. The highest BCUT2D eigenvalue weighted by atomic mass is 35.5. The fraction of sp³-hybridized carbons (Fsp3) is 0.105. The third-order valence-corrected chi connectivity index (χ3v) is 5.05. The van der Waals surface area contributed by atoms with Gasteiger partial charge in [-0.15, -0.1) is 11.3 Å². The number of halogens is 2. The summed E-state index contributed by atoms with van der Waals surface area (Å²) in [6, 6.07) is 11.3. The number of anilines is 2. The number of hydrogen-bond donors (Lipinski definition) is 2. The van der Waals surface area contributed by atoms with Crippen LogP contribution in [-0.4, -0.2) is 23.0 Å².